The summed E-state index contributed by atoms with van der Waals surface area (Å²) in [7, 11) is 0. The van der Waals surface area contributed by atoms with Crippen molar-refractivity contribution in [3.8, 4) is 0 Å². The van der Waals surface area contributed by atoms with E-state index in [2.05, 4.69) is 0 Å². The third-order valence-corrected chi connectivity index (χ3v) is 1.73. The molecule has 0 aromatic heterocycles. The third-order valence-electron chi connectivity index (χ3n) is 1.73. The summed E-state index contributed by atoms with van der Waals surface area (Å²) >= 11 is 0. The average Bonchev–Trinajstić information content (AvgIpc) is 2.01. The smallest absolute Gasteiger partial charge is 0.417 e. The van der Waals surface area contributed by atoms with E-state index < -0.39 is 23.2 Å². The first kappa shape index (κ1) is 10.6. The Bertz CT molecular complexity index is 371. The van der Waals surface area contributed by atoms with Crippen LogP contribution < -0.4 is 5.11 Å². The minimum Gasteiger partial charge on any atom is -0.859 e. The van der Waals surface area contributed by atoms with Gasteiger partial charge in [0.05, 0.1) is 5.56 Å². The Morgan fingerprint density at radius 1 is 1.36 bits per heavy atom. The minimum absolute atomic E-state index is 0.405. The molecule has 0 aliphatic carbocycles. The van der Waals surface area contributed by atoms with Crippen LogP contribution in [0.3, 0.4) is 0 Å². The lowest BCUT2D eigenvalue weighted by atomic mass is 10.0. The van der Waals surface area contributed by atoms with Crippen molar-refractivity contribution in [2.75, 3.05) is 0 Å². The van der Waals surface area contributed by atoms with Crippen molar-refractivity contribution in [1.82, 2.24) is 0 Å². The molecular weight excluding hydrogens is 195 g/mol. The van der Waals surface area contributed by atoms with Crippen LogP contribution in [0.4, 0.5) is 13.2 Å². The van der Waals surface area contributed by atoms with Crippen LogP contribution in [-0.4, -0.2) is 5.90 Å². The molecule has 76 valence electrons. The van der Waals surface area contributed by atoms with Crippen LogP contribution in [0.25, 0.3) is 0 Å². The molecule has 0 unspecified atom stereocenters. The van der Waals surface area contributed by atoms with Crippen molar-refractivity contribution >= 4 is 5.90 Å². The normalized spacial score (nSPS) is 11.4. The highest BCUT2D eigenvalue weighted by Gasteiger charge is 2.33. The van der Waals surface area contributed by atoms with Crippen LogP contribution in [0.15, 0.2) is 18.2 Å². The Balaban J connectivity index is 3.38. The summed E-state index contributed by atoms with van der Waals surface area (Å²) < 4.78 is 37.1. The fourth-order valence-corrected chi connectivity index (χ4v) is 1.09. The SMILES string of the molecule is Cc1ccc(C(=N)[O-])c(C(F)(F)F)c1. The summed E-state index contributed by atoms with van der Waals surface area (Å²) in [5.74, 6) is -1.32. The molecule has 0 fully saturated rings. The van der Waals surface area contributed by atoms with Crippen LogP contribution in [0.1, 0.15) is 16.7 Å². The fraction of sp³-hybridized carbons (Fsp3) is 0.222. The molecule has 14 heavy (non-hydrogen) atoms. The van der Waals surface area contributed by atoms with Crippen LogP contribution >= 0.6 is 0 Å². The van der Waals surface area contributed by atoms with Crippen LogP contribution in [0.2, 0.25) is 0 Å². The minimum atomic E-state index is -4.59. The molecule has 1 rings (SSSR count). The van der Waals surface area contributed by atoms with E-state index in [0.29, 0.717) is 5.56 Å². The monoisotopic (exact) mass is 202 g/mol. The Labute approximate surface area is 78.5 Å². The number of rotatable bonds is 1. The predicted octanol–water partition coefficient (Wildman–Crippen LogP) is 1.70. The standard InChI is InChI=1S/C9H8F3NO/c1-5-2-3-6(8(13)14)7(4-5)9(10,11)12/h2-4H,1H3,(H2,13,14)/p-1. The summed E-state index contributed by atoms with van der Waals surface area (Å²) in [5, 5.41) is 17.3. The van der Waals surface area contributed by atoms with Gasteiger partial charge in [0.1, 0.15) is 0 Å². The van der Waals surface area contributed by atoms with Gasteiger partial charge in [-0.25, -0.2) is 0 Å². The largest absolute Gasteiger partial charge is 0.859 e. The van der Waals surface area contributed by atoms with Gasteiger partial charge in [0.2, 0.25) is 0 Å². The second kappa shape index (κ2) is 3.32. The van der Waals surface area contributed by atoms with Gasteiger partial charge in [0.25, 0.3) is 0 Å². The lowest BCUT2D eigenvalue weighted by Crippen LogP contribution is -2.22. The fourth-order valence-electron chi connectivity index (χ4n) is 1.09. The number of alkyl halides is 3. The lowest BCUT2D eigenvalue weighted by molar-refractivity contribution is -0.215. The van der Waals surface area contributed by atoms with Crippen molar-refractivity contribution in [3.05, 3.63) is 34.9 Å². The third kappa shape index (κ3) is 2.04. The molecule has 0 saturated carbocycles. The van der Waals surface area contributed by atoms with E-state index >= 15 is 0 Å². The molecule has 0 radical (unpaired) electrons. The second-order valence-electron chi connectivity index (χ2n) is 2.88. The maximum absolute atomic E-state index is 12.4. The number of hydrogen-bond donors (Lipinski definition) is 1. The maximum Gasteiger partial charge on any atom is 0.417 e. The van der Waals surface area contributed by atoms with Crippen LogP contribution in [0.5, 0.6) is 0 Å². The first-order valence-corrected chi connectivity index (χ1v) is 3.76. The van der Waals surface area contributed by atoms with Crippen LogP contribution in [-0.2, 0) is 6.18 Å². The van der Waals surface area contributed by atoms with Gasteiger partial charge in [0.15, 0.2) is 0 Å². The van der Waals surface area contributed by atoms with E-state index in [0.717, 1.165) is 12.1 Å². The molecule has 0 atom stereocenters. The van der Waals surface area contributed by atoms with Gasteiger partial charge in [0, 0.05) is 0 Å². The Morgan fingerprint density at radius 2 is 1.93 bits per heavy atom. The van der Waals surface area contributed by atoms with Crippen molar-refractivity contribution in [2.24, 2.45) is 0 Å². The number of halogens is 3. The highest BCUT2D eigenvalue weighted by atomic mass is 19.4. The van der Waals surface area contributed by atoms with E-state index in [1.165, 1.54) is 13.0 Å². The number of benzene rings is 1. The molecule has 0 amide bonds. The first-order chi connectivity index (χ1) is 6.32. The molecule has 1 N–H and O–H groups in total. The van der Waals surface area contributed by atoms with Gasteiger partial charge in [-0.1, -0.05) is 17.7 Å². The Hall–Kier alpha value is -1.52. The molecule has 0 bridgehead atoms. The zero-order valence-corrected chi connectivity index (χ0v) is 7.27. The van der Waals surface area contributed by atoms with E-state index in [1.807, 2.05) is 0 Å². The zero-order valence-electron chi connectivity index (χ0n) is 7.27. The lowest BCUT2D eigenvalue weighted by Gasteiger charge is -2.16. The van der Waals surface area contributed by atoms with Crippen LogP contribution in [0, 0.1) is 12.3 Å². The average molecular weight is 202 g/mol. The summed E-state index contributed by atoms with van der Waals surface area (Å²) in [6.07, 6.45) is -4.59. The topological polar surface area (TPSA) is 46.9 Å². The van der Waals surface area contributed by atoms with Gasteiger partial charge in [-0.3, -0.25) is 0 Å². The molecule has 1 aromatic carbocycles. The molecule has 5 heteroatoms. The molecule has 1 aromatic rings. The number of nitrogens with one attached hydrogen (secondary N) is 1. The highest BCUT2D eigenvalue weighted by Crippen LogP contribution is 2.32. The van der Waals surface area contributed by atoms with Gasteiger partial charge in [-0.05, 0) is 24.5 Å². The quantitative estimate of drug-likeness (QED) is 0.546. The van der Waals surface area contributed by atoms with Gasteiger partial charge in [-0.2, -0.15) is 13.2 Å². The van der Waals surface area contributed by atoms with E-state index in [-0.39, 0.29) is 0 Å². The molecule has 0 saturated heterocycles. The number of aryl methyl sites for hydroxylation is 1. The maximum atomic E-state index is 12.4. The Morgan fingerprint density at radius 3 is 2.36 bits per heavy atom. The molecular formula is C9H7F3NO-. The van der Waals surface area contributed by atoms with E-state index in [4.69, 9.17) is 5.41 Å². The molecule has 0 spiro atoms. The van der Waals surface area contributed by atoms with E-state index in [9.17, 15) is 18.3 Å². The van der Waals surface area contributed by atoms with Gasteiger partial charge in [-0.15, -0.1) is 0 Å². The Kier molecular flexibility index (Phi) is 2.51. The first-order valence-electron chi connectivity index (χ1n) is 3.76. The summed E-state index contributed by atoms with van der Waals surface area (Å²) in [6.45, 7) is 1.49. The van der Waals surface area contributed by atoms with Gasteiger partial charge < -0.3 is 10.5 Å². The summed E-state index contributed by atoms with van der Waals surface area (Å²) in [6, 6.07) is 3.26. The predicted molar refractivity (Wildman–Crippen MR) is 43.0 cm³/mol. The van der Waals surface area contributed by atoms with Crippen molar-refractivity contribution in [1.29, 1.82) is 5.41 Å². The van der Waals surface area contributed by atoms with Gasteiger partial charge >= 0.3 is 6.18 Å². The summed E-state index contributed by atoms with van der Waals surface area (Å²) in [5.41, 5.74) is -1.25. The zero-order chi connectivity index (χ0) is 10.9. The molecule has 0 heterocycles. The molecule has 0 aliphatic rings. The highest BCUT2D eigenvalue weighted by molar-refractivity contribution is 5.90. The van der Waals surface area contributed by atoms with E-state index in [1.54, 1.807) is 0 Å². The second-order valence-corrected chi connectivity index (χ2v) is 2.88. The molecule has 2 nitrogen and oxygen atoms in total. The molecule has 0 aliphatic heterocycles. The van der Waals surface area contributed by atoms with Crippen molar-refractivity contribution < 1.29 is 18.3 Å². The summed E-state index contributed by atoms with van der Waals surface area (Å²) in [4.78, 5) is 0. The van der Waals surface area contributed by atoms with Crippen molar-refractivity contribution in [2.45, 2.75) is 13.1 Å². The number of hydrogen-bond acceptors (Lipinski definition) is 2. The van der Waals surface area contributed by atoms with Crippen molar-refractivity contribution in [3.63, 3.8) is 0 Å².